The molecule has 1 aliphatic rings. The standard InChI is InChI=1S/C17H22ClNO2/c1-2-9-19-14-5-7-17(20,8-6-14)16-11-12-10-13(18)3-4-15(12)21-16/h3-4,10-11,14,19-20H,2,5-9H2,1H3. The second-order valence-corrected chi connectivity index (χ2v) is 6.49. The second-order valence-electron chi connectivity index (χ2n) is 6.05. The summed E-state index contributed by atoms with van der Waals surface area (Å²) in [6, 6.07) is 8.00. The van der Waals surface area contributed by atoms with E-state index in [0.717, 1.165) is 49.6 Å². The van der Waals surface area contributed by atoms with Gasteiger partial charge >= 0.3 is 0 Å². The molecule has 1 aromatic carbocycles. The molecule has 0 atom stereocenters. The van der Waals surface area contributed by atoms with E-state index in [0.29, 0.717) is 16.8 Å². The average molecular weight is 308 g/mol. The minimum absolute atomic E-state index is 0.518. The van der Waals surface area contributed by atoms with E-state index in [4.69, 9.17) is 16.0 Å². The van der Waals surface area contributed by atoms with Crippen LogP contribution in [0.2, 0.25) is 5.02 Å². The molecule has 1 heterocycles. The van der Waals surface area contributed by atoms with Crippen LogP contribution < -0.4 is 5.32 Å². The molecule has 1 aromatic heterocycles. The van der Waals surface area contributed by atoms with Crippen LogP contribution in [0, 0.1) is 0 Å². The van der Waals surface area contributed by atoms with Crippen LogP contribution in [0.25, 0.3) is 11.0 Å². The van der Waals surface area contributed by atoms with Gasteiger partial charge < -0.3 is 14.8 Å². The Bertz CT molecular complexity index is 614. The summed E-state index contributed by atoms with van der Waals surface area (Å²) >= 11 is 6.00. The first-order chi connectivity index (χ1) is 10.1. The summed E-state index contributed by atoms with van der Waals surface area (Å²) in [5.41, 5.74) is -0.0512. The average Bonchev–Trinajstić information content (AvgIpc) is 2.90. The van der Waals surface area contributed by atoms with Gasteiger partial charge in [-0.15, -0.1) is 0 Å². The van der Waals surface area contributed by atoms with Gasteiger partial charge in [0, 0.05) is 16.5 Å². The molecule has 21 heavy (non-hydrogen) atoms. The first-order valence-electron chi connectivity index (χ1n) is 7.76. The third-order valence-electron chi connectivity index (χ3n) is 4.43. The Morgan fingerprint density at radius 2 is 2.10 bits per heavy atom. The summed E-state index contributed by atoms with van der Waals surface area (Å²) in [5, 5.41) is 16.1. The Hall–Kier alpha value is -1.03. The molecule has 114 valence electrons. The number of halogens is 1. The van der Waals surface area contributed by atoms with Crippen molar-refractivity contribution in [3.63, 3.8) is 0 Å². The number of rotatable bonds is 4. The number of hydrogen-bond acceptors (Lipinski definition) is 3. The summed E-state index contributed by atoms with van der Waals surface area (Å²) in [6.45, 7) is 3.22. The molecule has 1 aliphatic carbocycles. The molecule has 0 bridgehead atoms. The largest absolute Gasteiger partial charge is 0.458 e. The summed E-state index contributed by atoms with van der Waals surface area (Å²) in [4.78, 5) is 0. The van der Waals surface area contributed by atoms with Gasteiger partial charge in [0.2, 0.25) is 0 Å². The van der Waals surface area contributed by atoms with Crippen molar-refractivity contribution in [2.24, 2.45) is 0 Å². The smallest absolute Gasteiger partial charge is 0.136 e. The molecule has 3 rings (SSSR count). The van der Waals surface area contributed by atoms with Gasteiger partial charge in [-0.3, -0.25) is 0 Å². The summed E-state index contributed by atoms with van der Waals surface area (Å²) in [7, 11) is 0. The quantitative estimate of drug-likeness (QED) is 0.889. The van der Waals surface area contributed by atoms with Crippen LogP contribution in [0.4, 0.5) is 0 Å². The van der Waals surface area contributed by atoms with E-state index in [1.165, 1.54) is 0 Å². The van der Waals surface area contributed by atoms with Crippen molar-refractivity contribution < 1.29 is 9.52 Å². The summed E-state index contributed by atoms with van der Waals surface area (Å²) in [5.74, 6) is 0.675. The summed E-state index contributed by atoms with van der Waals surface area (Å²) in [6.07, 6.45) is 4.58. The minimum atomic E-state index is -0.837. The topological polar surface area (TPSA) is 45.4 Å². The van der Waals surface area contributed by atoms with E-state index < -0.39 is 5.60 Å². The van der Waals surface area contributed by atoms with E-state index >= 15 is 0 Å². The van der Waals surface area contributed by atoms with Gasteiger partial charge in [-0.25, -0.2) is 0 Å². The summed E-state index contributed by atoms with van der Waals surface area (Å²) < 4.78 is 5.85. The molecule has 0 saturated heterocycles. The van der Waals surface area contributed by atoms with E-state index in [1.807, 2.05) is 24.3 Å². The fraction of sp³-hybridized carbons (Fsp3) is 0.529. The molecule has 2 N–H and O–H groups in total. The zero-order chi connectivity index (χ0) is 14.9. The molecule has 4 heteroatoms. The molecular formula is C17H22ClNO2. The Morgan fingerprint density at radius 3 is 2.81 bits per heavy atom. The van der Waals surface area contributed by atoms with Gasteiger partial charge in [0.25, 0.3) is 0 Å². The van der Waals surface area contributed by atoms with Gasteiger partial charge in [-0.1, -0.05) is 18.5 Å². The van der Waals surface area contributed by atoms with Crippen molar-refractivity contribution >= 4 is 22.6 Å². The van der Waals surface area contributed by atoms with E-state index in [2.05, 4.69) is 12.2 Å². The van der Waals surface area contributed by atoms with Crippen molar-refractivity contribution in [3.8, 4) is 0 Å². The van der Waals surface area contributed by atoms with Gasteiger partial charge in [-0.05, 0) is 62.9 Å². The van der Waals surface area contributed by atoms with Crippen LogP contribution in [0.3, 0.4) is 0 Å². The van der Waals surface area contributed by atoms with E-state index in [1.54, 1.807) is 0 Å². The van der Waals surface area contributed by atoms with Crippen molar-refractivity contribution in [1.29, 1.82) is 0 Å². The zero-order valence-electron chi connectivity index (χ0n) is 12.4. The number of fused-ring (bicyclic) bond motifs is 1. The molecule has 0 radical (unpaired) electrons. The number of benzene rings is 1. The van der Waals surface area contributed by atoms with Crippen LogP contribution in [0.1, 0.15) is 44.8 Å². The van der Waals surface area contributed by atoms with Crippen LogP contribution in [-0.2, 0) is 5.60 Å². The maximum Gasteiger partial charge on any atom is 0.136 e. The van der Waals surface area contributed by atoms with Crippen molar-refractivity contribution in [3.05, 3.63) is 35.0 Å². The normalized spacial score (nSPS) is 26.3. The van der Waals surface area contributed by atoms with Gasteiger partial charge in [0.1, 0.15) is 16.9 Å². The lowest BCUT2D eigenvalue weighted by atomic mass is 9.80. The highest BCUT2D eigenvalue weighted by atomic mass is 35.5. The zero-order valence-corrected chi connectivity index (χ0v) is 13.1. The fourth-order valence-electron chi connectivity index (χ4n) is 3.14. The minimum Gasteiger partial charge on any atom is -0.458 e. The maximum absolute atomic E-state index is 10.9. The molecule has 0 aliphatic heterocycles. The Labute approximate surface area is 130 Å². The fourth-order valence-corrected chi connectivity index (χ4v) is 3.32. The highest BCUT2D eigenvalue weighted by Gasteiger charge is 2.37. The third-order valence-corrected chi connectivity index (χ3v) is 4.67. The lowest BCUT2D eigenvalue weighted by Crippen LogP contribution is -2.39. The van der Waals surface area contributed by atoms with Crippen molar-refractivity contribution in [2.45, 2.75) is 50.7 Å². The van der Waals surface area contributed by atoms with E-state index in [-0.39, 0.29) is 0 Å². The van der Waals surface area contributed by atoms with E-state index in [9.17, 15) is 5.11 Å². The molecule has 0 unspecified atom stereocenters. The molecular weight excluding hydrogens is 286 g/mol. The number of hydrogen-bond donors (Lipinski definition) is 2. The predicted octanol–water partition coefficient (Wildman–Crippen LogP) is 4.22. The Kier molecular flexibility index (Phi) is 4.25. The predicted molar refractivity (Wildman–Crippen MR) is 85.7 cm³/mol. The molecule has 0 amide bonds. The van der Waals surface area contributed by atoms with Gasteiger partial charge in [0.05, 0.1) is 0 Å². The SMILES string of the molecule is CCCNC1CCC(O)(c2cc3cc(Cl)ccc3o2)CC1. The Morgan fingerprint density at radius 1 is 1.33 bits per heavy atom. The molecule has 1 saturated carbocycles. The molecule has 2 aromatic rings. The van der Waals surface area contributed by atoms with Crippen molar-refractivity contribution in [2.75, 3.05) is 6.54 Å². The molecule has 3 nitrogen and oxygen atoms in total. The van der Waals surface area contributed by atoms with Crippen LogP contribution in [-0.4, -0.2) is 17.7 Å². The highest BCUT2D eigenvalue weighted by Crippen LogP contribution is 2.39. The van der Waals surface area contributed by atoms with Crippen LogP contribution >= 0.6 is 11.6 Å². The second kappa shape index (κ2) is 5.99. The monoisotopic (exact) mass is 307 g/mol. The third kappa shape index (κ3) is 3.10. The van der Waals surface area contributed by atoms with Gasteiger partial charge in [0.15, 0.2) is 0 Å². The lowest BCUT2D eigenvalue weighted by molar-refractivity contribution is -0.0254. The molecule has 0 spiro atoms. The van der Waals surface area contributed by atoms with Crippen molar-refractivity contribution in [1.82, 2.24) is 5.32 Å². The van der Waals surface area contributed by atoms with Crippen LogP contribution in [0.15, 0.2) is 28.7 Å². The molecule has 1 fully saturated rings. The number of aliphatic hydroxyl groups is 1. The number of furan rings is 1. The number of nitrogens with one attached hydrogen (secondary N) is 1. The van der Waals surface area contributed by atoms with Crippen LogP contribution in [0.5, 0.6) is 0 Å². The lowest BCUT2D eigenvalue weighted by Gasteiger charge is -2.34. The first-order valence-corrected chi connectivity index (χ1v) is 8.14. The first kappa shape index (κ1) is 14.9. The Balaban J connectivity index is 1.76. The highest BCUT2D eigenvalue weighted by molar-refractivity contribution is 6.31. The van der Waals surface area contributed by atoms with Gasteiger partial charge in [-0.2, -0.15) is 0 Å². The maximum atomic E-state index is 10.9.